The molecular weight excluding hydrogens is 312 g/mol. The van der Waals surface area contributed by atoms with Gasteiger partial charge in [-0.25, -0.2) is 0 Å². The standard InChI is InChI=1S/C13H13BrN2OS/c14-9-4-6-10(7-5-9)16-12(17)11-3-1-2-8-15(11)13(16)18/h4-7,11H,1-3,8H2. The molecule has 0 radical (unpaired) electrons. The molecule has 94 valence electrons. The van der Waals surface area contributed by atoms with Crippen LogP contribution in [0.2, 0.25) is 0 Å². The van der Waals surface area contributed by atoms with Crippen LogP contribution in [-0.4, -0.2) is 28.5 Å². The Morgan fingerprint density at radius 2 is 1.94 bits per heavy atom. The summed E-state index contributed by atoms with van der Waals surface area (Å²) in [7, 11) is 0. The summed E-state index contributed by atoms with van der Waals surface area (Å²) < 4.78 is 1.00. The van der Waals surface area contributed by atoms with Crippen molar-refractivity contribution < 1.29 is 4.79 Å². The lowest BCUT2D eigenvalue weighted by Gasteiger charge is -2.27. The number of benzene rings is 1. The Bertz CT molecular complexity index is 478. The van der Waals surface area contributed by atoms with Gasteiger partial charge in [0, 0.05) is 11.0 Å². The van der Waals surface area contributed by atoms with Crippen molar-refractivity contribution >= 4 is 44.9 Å². The number of piperidine rings is 1. The summed E-state index contributed by atoms with van der Waals surface area (Å²) in [5.41, 5.74) is 0.864. The molecule has 0 aliphatic carbocycles. The summed E-state index contributed by atoms with van der Waals surface area (Å²) in [6, 6.07) is 7.68. The van der Waals surface area contributed by atoms with Crippen LogP contribution in [0.1, 0.15) is 19.3 Å². The van der Waals surface area contributed by atoms with Crippen LogP contribution in [0.3, 0.4) is 0 Å². The van der Waals surface area contributed by atoms with Crippen LogP contribution in [0.25, 0.3) is 0 Å². The fourth-order valence-electron chi connectivity index (χ4n) is 2.62. The number of halogens is 1. The van der Waals surface area contributed by atoms with Crippen molar-refractivity contribution in [2.24, 2.45) is 0 Å². The zero-order valence-electron chi connectivity index (χ0n) is 9.80. The molecule has 2 aliphatic heterocycles. The van der Waals surface area contributed by atoms with Gasteiger partial charge in [-0.2, -0.15) is 0 Å². The maximum Gasteiger partial charge on any atom is 0.256 e. The van der Waals surface area contributed by atoms with Crippen molar-refractivity contribution in [1.82, 2.24) is 4.90 Å². The molecule has 2 saturated heterocycles. The third-order valence-corrected chi connectivity index (χ3v) is 4.48. The van der Waals surface area contributed by atoms with Gasteiger partial charge in [-0.05, 0) is 55.7 Å². The molecule has 5 heteroatoms. The highest BCUT2D eigenvalue weighted by molar-refractivity contribution is 9.10. The molecule has 1 aromatic carbocycles. The molecule has 2 aliphatic rings. The number of anilines is 1. The Morgan fingerprint density at radius 3 is 2.61 bits per heavy atom. The number of hydrogen-bond donors (Lipinski definition) is 0. The molecular formula is C13H13BrN2OS. The van der Waals surface area contributed by atoms with Crippen molar-refractivity contribution in [3.05, 3.63) is 28.7 Å². The molecule has 0 bridgehead atoms. The Labute approximate surface area is 120 Å². The molecule has 0 N–H and O–H groups in total. The average Bonchev–Trinajstić information content (AvgIpc) is 2.64. The van der Waals surface area contributed by atoms with Crippen molar-refractivity contribution in [3.8, 4) is 0 Å². The number of rotatable bonds is 1. The Balaban J connectivity index is 1.95. The van der Waals surface area contributed by atoms with E-state index in [4.69, 9.17) is 12.2 Å². The topological polar surface area (TPSA) is 23.6 Å². The van der Waals surface area contributed by atoms with E-state index < -0.39 is 0 Å². The van der Waals surface area contributed by atoms with E-state index in [0.29, 0.717) is 5.11 Å². The third kappa shape index (κ3) is 1.86. The normalized spacial score (nSPS) is 23.5. The van der Waals surface area contributed by atoms with Gasteiger partial charge in [0.05, 0.1) is 5.69 Å². The van der Waals surface area contributed by atoms with Crippen molar-refractivity contribution in [2.45, 2.75) is 25.3 Å². The van der Waals surface area contributed by atoms with Gasteiger partial charge in [0.15, 0.2) is 5.11 Å². The summed E-state index contributed by atoms with van der Waals surface area (Å²) in [6.07, 6.45) is 3.16. The highest BCUT2D eigenvalue weighted by Gasteiger charge is 2.43. The quantitative estimate of drug-likeness (QED) is 0.742. The van der Waals surface area contributed by atoms with Crippen LogP contribution in [0.5, 0.6) is 0 Å². The van der Waals surface area contributed by atoms with Crippen molar-refractivity contribution in [2.75, 3.05) is 11.4 Å². The summed E-state index contributed by atoms with van der Waals surface area (Å²) in [5, 5.41) is 0.659. The molecule has 3 rings (SSSR count). The molecule has 0 saturated carbocycles. The molecule has 18 heavy (non-hydrogen) atoms. The van der Waals surface area contributed by atoms with Gasteiger partial charge in [0.1, 0.15) is 6.04 Å². The predicted octanol–water partition coefficient (Wildman–Crippen LogP) is 2.94. The van der Waals surface area contributed by atoms with Gasteiger partial charge >= 0.3 is 0 Å². The second kappa shape index (κ2) is 4.63. The van der Waals surface area contributed by atoms with Gasteiger partial charge in [-0.15, -0.1) is 0 Å². The van der Waals surface area contributed by atoms with E-state index in [9.17, 15) is 4.79 Å². The lowest BCUT2D eigenvalue weighted by molar-refractivity contribution is -0.120. The fourth-order valence-corrected chi connectivity index (χ4v) is 3.30. The zero-order valence-corrected chi connectivity index (χ0v) is 12.2. The first-order chi connectivity index (χ1) is 8.68. The third-order valence-electron chi connectivity index (χ3n) is 3.53. The van der Waals surface area contributed by atoms with Crippen LogP contribution in [-0.2, 0) is 4.79 Å². The minimum Gasteiger partial charge on any atom is -0.336 e. The van der Waals surface area contributed by atoms with E-state index in [1.54, 1.807) is 4.90 Å². The Hall–Kier alpha value is -0.940. The first kappa shape index (κ1) is 12.1. The van der Waals surface area contributed by atoms with Crippen LogP contribution in [0.4, 0.5) is 5.69 Å². The second-order valence-corrected chi connectivity index (χ2v) is 5.92. The molecule has 1 aromatic rings. The first-order valence-electron chi connectivity index (χ1n) is 6.08. The Kier molecular flexibility index (Phi) is 3.11. The Morgan fingerprint density at radius 1 is 1.22 bits per heavy atom. The van der Waals surface area contributed by atoms with Gasteiger partial charge < -0.3 is 4.90 Å². The molecule has 2 heterocycles. The van der Waals surface area contributed by atoms with Gasteiger partial charge in [-0.3, -0.25) is 9.69 Å². The molecule has 1 atom stereocenters. The second-order valence-electron chi connectivity index (χ2n) is 4.64. The molecule has 0 spiro atoms. The lowest BCUT2D eigenvalue weighted by atomic mass is 10.0. The smallest absolute Gasteiger partial charge is 0.256 e. The minimum atomic E-state index is -0.0325. The largest absolute Gasteiger partial charge is 0.336 e. The monoisotopic (exact) mass is 324 g/mol. The van der Waals surface area contributed by atoms with Crippen LogP contribution < -0.4 is 4.90 Å². The number of hydrogen-bond acceptors (Lipinski definition) is 2. The van der Waals surface area contributed by atoms with E-state index in [-0.39, 0.29) is 11.9 Å². The maximum atomic E-state index is 12.4. The number of thiocarbonyl (C=S) groups is 1. The molecule has 1 unspecified atom stereocenters. The van der Waals surface area contributed by atoms with Gasteiger partial charge in [0.25, 0.3) is 5.91 Å². The van der Waals surface area contributed by atoms with Crippen molar-refractivity contribution in [1.29, 1.82) is 0 Å². The van der Waals surface area contributed by atoms with E-state index in [1.807, 2.05) is 24.3 Å². The van der Waals surface area contributed by atoms with Crippen LogP contribution in [0, 0.1) is 0 Å². The fraction of sp³-hybridized carbons (Fsp3) is 0.385. The first-order valence-corrected chi connectivity index (χ1v) is 7.29. The average molecular weight is 325 g/mol. The lowest BCUT2D eigenvalue weighted by Crippen LogP contribution is -2.38. The zero-order chi connectivity index (χ0) is 12.7. The molecule has 1 amide bonds. The van der Waals surface area contributed by atoms with Gasteiger partial charge in [-0.1, -0.05) is 15.9 Å². The highest BCUT2D eigenvalue weighted by Crippen LogP contribution is 2.31. The number of carbonyl (C=O) groups is 1. The highest BCUT2D eigenvalue weighted by atomic mass is 79.9. The summed E-state index contributed by atoms with van der Waals surface area (Å²) >= 11 is 8.85. The van der Waals surface area contributed by atoms with Gasteiger partial charge in [0.2, 0.25) is 0 Å². The summed E-state index contributed by atoms with van der Waals surface area (Å²) in [6.45, 7) is 0.905. The van der Waals surface area contributed by atoms with E-state index in [0.717, 1.165) is 36.0 Å². The summed E-state index contributed by atoms with van der Waals surface area (Å²) in [4.78, 5) is 16.2. The number of fused-ring (bicyclic) bond motifs is 1. The number of carbonyl (C=O) groups excluding carboxylic acids is 1. The predicted molar refractivity (Wildman–Crippen MR) is 78.6 cm³/mol. The van der Waals surface area contributed by atoms with Crippen LogP contribution >= 0.6 is 28.1 Å². The minimum absolute atomic E-state index is 0.0325. The molecule has 2 fully saturated rings. The maximum absolute atomic E-state index is 12.4. The van der Waals surface area contributed by atoms with E-state index in [2.05, 4.69) is 20.8 Å². The SMILES string of the molecule is O=C1C2CCCCN2C(=S)N1c1ccc(Br)cc1. The molecule has 3 nitrogen and oxygen atoms in total. The van der Waals surface area contributed by atoms with E-state index >= 15 is 0 Å². The molecule has 0 aromatic heterocycles. The van der Waals surface area contributed by atoms with Crippen molar-refractivity contribution in [3.63, 3.8) is 0 Å². The number of amides is 1. The summed E-state index contributed by atoms with van der Waals surface area (Å²) in [5.74, 6) is 0.127. The van der Waals surface area contributed by atoms with Crippen LogP contribution in [0.15, 0.2) is 28.7 Å². The van der Waals surface area contributed by atoms with E-state index in [1.165, 1.54) is 0 Å². The number of nitrogens with zero attached hydrogens (tertiary/aromatic N) is 2.